The fourth-order valence-corrected chi connectivity index (χ4v) is 2.34. The van der Waals surface area contributed by atoms with Gasteiger partial charge in [0, 0.05) is 16.3 Å². The molecule has 0 spiro atoms. The molecule has 1 aromatic heterocycles. The molecule has 0 N–H and O–H groups in total. The molecule has 1 heterocycles. The van der Waals surface area contributed by atoms with Crippen LogP contribution in [0.3, 0.4) is 0 Å². The maximum atomic E-state index is 12.2. The van der Waals surface area contributed by atoms with Crippen molar-refractivity contribution in [3.8, 4) is 11.3 Å². The SMILES string of the molecule is CCOC(=O)C(C)(C)OC(=O)Cn1nc(-c2ccc(Cl)cc2)cc1C. The van der Waals surface area contributed by atoms with Crippen molar-refractivity contribution < 1.29 is 19.1 Å². The van der Waals surface area contributed by atoms with E-state index in [4.69, 9.17) is 21.1 Å². The number of hydrogen-bond acceptors (Lipinski definition) is 5. The lowest BCUT2D eigenvalue weighted by Crippen LogP contribution is -2.39. The zero-order valence-electron chi connectivity index (χ0n) is 14.7. The van der Waals surface area contributed by atoms with Crippen molar-refractivity contribution in [3.05, 3.63) is 41.0 Å². The first-order chi connectivity index (χ1) is 11.7. The second kappa shape index (κ2) is 7.70. The molecule has 25 heavy (non-hydrogen) atoms. The maximum absolute atomic E-state index is 12.2. The second-order valence-corrected chi connectivity index (χ2v) is 6.48. The summed E-state index contributed by atoms with van der Waals surface area (Å²) in [5.41, 5.74) is 1.08. The Morgan fingerprint density at radius 3 is 2.48 bits per heavy atom. The number of halogens is 1. The summed E-state index contributed by atoms with van der Waals surface area (Å²) in [6, 6.07) is 9.14. The lowest BCUT2D eigenvalue weighted by Gasteiger charge is -2.22. The zero-order chi connectivity index (χ0) is 18.6. The largest absolute Gasteiger partial charge is 0.463 e. The Kier molecular flexibility index (Phi) is 5.85. The van der Waals surface area contributed by atoms with Crippen LogP contribution < -0.4 is 0 Å². The van der Waals surface area contributed by atoms with E-state index in [0.717, 1.165) is 17.0 Å². The number of nitrogens with zero attached hydrogens (tertiary/aromatic N) is 2. The van der Waals surface area contributed by atoms with Gasteiger partial charge in [-0.3, -0.25) is 9.48 Å². The number of hydrogen-bond donors (Lipinski definition) is 0. The zero-order valence-corrected chi connectivity index (χ0v) is 15.5. The summed E-state index contributed by atoms with van der Waals surface area (Å²) in [7, 11) is 0. The molecule has 0 amide bonds. The Labute approximate surface area is 151 Å². The molecule has 0 saturated heterocycles. The molecule has 6 nitrogen and oxygen atoms in total. The van der Waals surface area contributed by atoms with Crippen LogP contribution in [0.2, 0.25) is 5.02 Å². The van der Waals surface area contributed by atoms with Crippen molar-refractivity contribution in [1.82, 2.24) is 9.78 Å². The normalized spacial score (nSPS) is 11.2. The van der Waals surface area contributed by atoms with Gasteiger partial charge in [0.1, 0.15) is 6.54 Å². The maximum Gasteiger partial charge on any atom is 0.349 e. The minimum atomic E-state index is -1.34. The number of ether oxygens (including phenoxy) is 2. The minimum Gasteiger partial charge on any atom is -0.463 e. The van der Waals surface area contributed by atoms with Gasteiger partial charge in [-0.1, -0.05) is 23.7 Å². The molecule has 0 fully saturated rings. The highest BCUT2D eigenvalue weighted by Crippen LogP contribution is 2.21. The van der Waals surface area contributed by atoms with Crippen molar-refractivity contribution in [2.45, 2.75) is 39.8 Å². The molecule has 2 rings (SSSR count). The van der Waals surface area contributed by atoms with E-state index >= 15 is 0 Å². The molecule has 0 bridgehead atoms. The standard InChI is InChI=1S/C18H21ClN2O4/c1-5-24-17(23)18(3,4)25-16(22)11-21-12(2)10-15(20-21)13-6-8-14(19)9-7-13/h6-10H,5,11H2,1-4H3. The highest BCUT2D eigenvalue weighted by molar-refractivity contribution is 6.30. The van der Waals surface area contributed by atoms with E-state index in [2.05, 4.69) is 5.10 Å². The summed E-state index contributed by atoms with van der Waals surface area (Å²) in [4.78, 5) is 24.0. The predicted molar refractivity (Wildman–Crippen MR) is 94.2 cm³/mol. The van der Waals surface area contributed by atoms with Gasteiger partial charge in [0.05, 0.1) is 12.3 Å². The van der Waals surface area contributed by atoms with Crippen molar-refractivity contribution in [1.29, 1.82) is 0 Å². The third-order valence-corrected chi connectivity index (χ3v) is 3.79. The van der Waals surface area contributed by atoms with Crippen molar-refractivity contribution in [2.75, 3.05) is 6.61 Å². The van der Waals surface area contributed by atoms with Crippen LogP contribution in [0.1, 0.15) is 26.5 Å². The van der Waals surface area contributed by atoms with Crippen LogP contribution in [0.15, 0.2) is 30.3 Å². The minimum absolute atomic E-state index is 0.0950. The fraction of sp³-hybridized carbons (Fsp3) is 0.389. The number of carbonyl (C=O) groups is 2. The first-order valence-electron chi connectivity index (χ1n) is 7.92. The number of aryl methyl sites for hydroxylation is 1. The number of carbonyl (C=O) groups excluding carboxylic acids is 2. The lowest BCUT2D eigenvalue weighted by molar-refractivity contribution is -0.178. The smallest absolute Gasteiger partial charge is 0.349 e. The summed E-state index contributed by atoms with van der Waals surface area (Å²) in [5.74, 6) is -1.14. The summed E-state index contributed by atoms with van der Waals surface area (Å²) in [6.07, 6.45) is 0. The Hall–Kier alpha value is -2.34. The summed E-state index contributed by atoms with van der Waals surface area (Å²) >= 11 is 5.89. The Bertz CT molecular complexity index is 766. The quantitative estimate of drug-likeness (QED) is 0.735. The first-order valence-corrected chi connectivity index (χ1v) is 8.30. The predicted octanol–water partition coefficient (Wildman–Crippen LogP) is 3.40. The topological polar surface area (TPSA) is 70.4 Å². The van der Waals surface area contributed by atoms with E-state index in [1.54, 1.807) is 19.1 Å². The third-order valence-electron chi connectivity index (χ3n) is 3.54. The van der Waals surface area contributed by atoms with Gasteiger partial charge in [0.15, 0.2) is 0 Å². The van der Waals surface area contributed by atoms with E-state index in [1.165, 1.54) is 18.5 Å². The van der Waals surface area contributed by atoms with Gasteiger partial charge in [-0.25, -0.2) is 4.79 Å². The number of benzene rings is 1. The lowest BCUT2D eigenvalue weighted by atomic mass is 10.1. The summed E-state index contributed by atoms with van der Waals surface area (Å²) in [6.45, 7) is 6.66. The molecule has 0 aliphatic carbocycles. The van der Waals surface area contributed by atoms with Crippen LogP contribution >= 0.6 is 11.6 Å². The molecule has 0 aliphatic rings. The van der Waals surface area contributed by atoms with Crippen molar-refractivity contribution >= 4 is 23.5 Å². The van der Waals surface area contributed by atoms with Crippen LogP contribution in [0.4, 0.5) is 0 Å². The highest BCUT2D eigenvalue weighted by atomic mass is 35.5. The molecular weight excluding hydrogens is 344 g/mol. The summed E-state index contributed by atoms with van der Waals surface area (Å²) in [5, 5.41) is 5.06. The number of esters is 2. The van der Waals surface area contributed by atoms with Crippen molar-refractivity contribution in [2.24, 2.45) is 0 Å². The van der Waals surface area contributed by atoms with E-state index in [1.807, 2.05) is 25.1 Å². The molecule has 0 saturated carbocycles. The summed E-state index contributed by atoms with van der Waals surface area (Å²) < 4.78 is 11.7. The van der Waals surface area contributed by atoms with E-state index < -0.39 is 17.5 Å². The van der Waals surface area contributed by atoms with Gasteiger partial charge in [-0.15, -0.1) is 0 Å². The van der Waals surface area contributed by atoms with Gasteiger partial charge in [-0.05, 0) is 45.9 Å². The Morgan fingerprint density at radius 1 is 1.24 bits per heavy atom. The molecule has 1 aromatic carbocycles. The van der Waals surface area contributed by atoms with Crippen LogP contribution in [-0.4, -0.2) is 33.9 Å². The monoisotopic (exact) mass is 364 g/mol. The number of rotatable bonds is 6. The molecule has 0 aliphatic heterocycles. The first kappa shape index (κ1) is 19.0. The fourth-order valence-electron chi connectivity index (χ4n) is 2.22. The van der Waals surface area contributed by atoms with Gasteiger partial charge in [-0.2, -0.15) is 5.10 Å². The molecule has 0 unspecified atom stereocenters. The highest BCUT2D eigenvalue weighted by Gasteiger charge is 2.33. The van der Waals surface area contributed by atoms with Gasteiger partial charge < -0.3 is 9.47 Å². The van der Waals surface area contributed by atoms with E-state index in [0.29, 0.717) is 5.02 Å². The van der Waals surface area contributed by atoms with Gasteiger partial charge in [0.25, 0.3) is 0 Å². The second-order valence-electron chi connectivity index (χ2n) is 6.04. The molecule has 0 atom stereocenters. The molecular formula is C18H21ClN2O4. The van der Waals surface area contributed by atoms with Crippen LogP contribution in [0.5, 0.6) is 0 Å². The molecule has 0 radical (unpaired) electrons. The molecule has 7 heteroatoms. The molecule has 2 aromatic rings. The van der Waals surface area contributed by atoms with Gasteiger partial charge >= 0.3 is 11.9 Å². The Balaban J connectivity index is 2.09. The average Bonchev–Trinajstić information content (AvgIpc) is 2.88. The third kappa shape index (κ3) is 4.82. The van der Waals surface area contributed by atoms with Crippen LogP contribution in [-0.2, 0) is 25.6 Å². The van der Waals surface area contributed by atoms with Crippen molar-refractivity contribution in [3.63, 3.8) is 0 Å². The number of aromatic nitrogens is 2. The van der Waals surface area contributed by atoms with Crippen LogP contribution in [0, 0.1) is 6.92 Å². The molecule has 134 valence electrons. The Morgan fingerprint density at radius 2 is 1.88 bits per heavy atom. The average molecular weight is 365 g/mol. The van der Waals surface area contributed by atoms with Crippen LogP contribution in [0.25, 0.3) is 11.3 Å². The van der Waals surface area contributed by atoms with E-state index in [-0.39, 0.29) is 13.2 Å². The van der Waals surface area contributed by atoms with E-state index in [9.17, 15) is 9.59 Å². The van der Waals surface area contributed by atoms with Gasteiger partial charge in [0.2, 0.25) is 5.60 Å².